The molecule has 0 aliphatic carbocycles. The molecule has 3 aromatic carbocycles. The predicted octanol–water partition coefficient (Wildman–Crippen LogP) is 4.50. The van der Waals surface area contributed by atoms with Crippen LogP contribution in [0.15, 0.2) is 71.6 Å². The largest absolute Gasteiger partial charge is 0.493 e. The number of hydrogen-bond donors (Lipinski definition) is 1. The Bertz CT molecular complexity index is 1210. The van der Waals surface area contributed by atoms with Crippen molar-refractivity contribution in [3.63, 3.8) is 0 Å². The average Bonchev–Trinajstić information content (AvgIpc) is 2.78. The molecule has 0 bridgehead atoms. The molecule has 168 valence electrons. The monoisotopic (exact) mass is 474 g/mol. The van der Waals surface area contributed by atoms with Crippen molar-refractivity contribution in [1.82, 2.24) is 0 Å². The number of anilines is 2. The minimum Gasteiger partial charge on any atom is -0.493 e. The highest BCUT2D eigenvalue weighted by molar-refractivity contribution is 7.92. The van der Waals surface area contributed by atoms with Crippen LogP contribution in [0.4, 0.5) is 11.4 Å². The molecule has 1 amide bonds. The molecule has 1 N–H and O–H groups in total. The maximum Gasteiger partial charge on any atom is 0.264 e. The van der Waals surface area contributed by atoms with Gasteiger partial charge in [0.2, 0.25) is 5.91 Å². The van der Waals surface area contributed by atoms with E-state index in [1.807, 2.05) is 6.92 Å². The van der Waals surface area contributed by atoms with Crippen LogP contribution in [0.3, 0.4) is 0 Å². The lowest BCUT2D eigenvalue weighted by atomic mass is 10.2. The topological polar surface area (TPSA) is 84.9 Å². The molecule has 0 fully saturated rings. The van der Waals surface area contributed by atoms with Gasteiger partial charge in [-0.05, 0) is 43.3 Å². The Labute approximate surface area is 192 Å². The fourth-order valence-electron chi connectivity index (χ4n) is 3.04. The molecule has 32 heavy (non-hydrogen) atoms. The molecule has 3 aromatic rings. The Balaban J connectivity index is 1.94. The summed E-state index contributed by atoms with van der Waals surface area (Å²) in [5.74, 6) is 0.388. The standard InChI is InChI=1S/C23H23ClN2O5S/c1-16-8-11-18(12-9-16)32(28,29)26(20-7-5-4-6-19(20)24)15-23(27)25-17-10-13-21(30-2)22(14-17)31-3/h4-14H,15H2,1-3H3,(H,25,27). The van der Waals surface area contributed by atoms with E-state index in [4.69, 9.17) is 21.1 Å². The van der Waals surface area contributed by atoms with Crippen molar-refractivity contribution in [2.45, 2.75) is 11.8 Å². The molecule has 3 rings (SSSR count). The highest BCUT2D eigenvalue weighted by Crippen LogP contribution is 2.32. The van der Waals surface area contributed by atoms with Gasteiger partial charge in [-0.15, -0.1) is 0 Å². The van der Waals surface area contributed by atoms with Crippen molar-refractivity contribution in [3.8, 4) is 11.5 Å². The number of nitrogens with one attached hydrogen (secondary N) is 1. The first-order valence-electron chi connectivity index (χ1n) is 9.62. The molecule has 0 unspecified atom stereocenters. The van der Waals surface area contributed by atoms with Gasteiger partial charge in [-0.2, -0.15) is 0 Å². The van der Waals surface area contributed by atoms with E-state index >= 15 is 0 Å². The van der Waals surface area contributed by atoms with Crippen LogP contribution in [-0.4, -0.2) is 35.1 Å². The summed E-state index contributed by atoms with van der Waals surface area (Å²) < 4.78 is 38.3. The first-order valence-corrected chi connectivity index (χ1v) is 11.4. The summed E-state index contributed by atoms with van der Waals surface area (Å²) in [5, 5.41) is 2.91. The van der Waals surface area contributed by atoms with Gasteiger partial charge in [0.15, 0.2) is 11.5 Å². The molecule has 0 saturated carbocycles. The second-order valence-electron chi connectivity index (χ2n) is 6.89. The second-order valence-corrected chi connectivity index (χ2v) is 9.16. The number of carbonyl (C=O) groups excluding carboxylic acids is 1. The first-order chi connectivity index (χ1) is 15.3. The number of sulfonamides is 1. The van der Waals surface area contributed by atoms with Gasteiger partial charge in [-0.1, -0.05) is 41.4 Å². The molecule has 0 radical (unpaired) electrons. The molecule has 7 nitrogen and oxygen atoms in total. The number of para-hydroxylation sites is 1. The van der Waals surface area contributed by atoms with Crippen LogP contribution >= 0.6 is 11.6 Å². The van der Waals surface area contributed by atoms with Gasteiger partial charge in [-0.25, -0.2) is 8.42 Å². The number of benzene rings is 3. The van der Waals surface area contributed by atoms with Gasteiger partial charge in [0.1, 0.15) is 6.54 Å². The van der Waals surface area contributed by atoms with Crippen molar-refractivity contribution in [2.75, 3.05) is 30.4 Å². The number of amides is 1. The van der Waals surface area contributed by atoms with Gasteiger partial charge in [0.05, 0.1) is 29.8 Å². The van der Waals surface area contributed by atoms with E-state index in [0.717, 1.165) is 9.87 Å². The highest BCUT2D eigenvalue weighted by Gasteiger charge is 2.28. The third-order valence-corrected chi connectivity index (χ3v) is 6.78. The van der Waals surface area contributed by atoms with E-state index in [0.29, 0.717) is 17.2 Å². The van der Waals surface area contributed by atoms with Crippen LogP contribution < -0.4 is 19.1 Å². The SMILES string of the molecule is COc1ccc(NC(=O)CN(c2ccccc2Cl)S(=O)(=O)c2ccc(C)cc2)cc1OC. The van der Waals surface area contributed by atoms with E-state index < -0.39 is 22.5 Å². The zero-order chi connectivity index (χ0) is 23.3. The van der Waals surface area contributed by atoms with Gasteiger partial charge < -0.3 is 14.8 Å². The molecule has 9 heteroatoms. The number of aryl methyl sites for hydroxylation is 1. The summed E-state index contributed by atoms with van der Waals surface area (Å²) in [6.45, 7) is 1.38. The lowest BCUT2D eigenvalue weighted by Crippen LogP contribution is -2.38. The number of hydrogen-bond acceptors (Lipinski definition) is 5. The fourth-order valence-corrected chi connectivity index (χ4v) is 4.76. The van der Waals surface area contributed by atoms with Crippen molar-refractivity contribution >= 4 is 38.9 Å². The smallest absolute Gasteiger partial charge is 0.264 e. The molecule has 0 aromatic heterocycles. The normalized spacial score (nSPS) is 11.0. The summed E-state index contributed by atoms with van der Waals surface area (Å²) >= 11 is 6.29. The van der Waals surface area contributed by atoms with E-state index in [1.54, 1.807) is 54.6 Å². The summed E-state index contributed by atoms with van der Waals surface area (Å²) in [6.07, 6.45) is 0. The summed E-state index contributed by atoms with van der Waals surface area (Å²) in [6, 6.07) is 17.7. The molecule has 0 atom stereocenters. The maximum atomic E-state index is 13.4. The van der Waals surface area contributed by atoms with Gasteiger partial charge in [0.25, 0.3) is 10.0 Å². The summed E-state index contributed by atoms with van der Waals surface area (Å²) in [5.41, 5.74) is 1.55. The van der Waals surface area contributed by atoms with Gasteiger partial charge in [-0.3, -0.25) is 9.10 Å². The molecular formula is C23H23ClN2O5S. The zero-order valence-electron chi connectivity index (χ0n) is 17.8. The molecule has 0 spiro atoms. The van der Waals surface area contributed by atoms with Crippen LogP contribution in [0.2, 0.25) is 5.02 Å². The molecule has 0 aliphatic rings. The molecule has 0 aliphatic heterocycles. The van der Waals surface area contributed by atoms with E-state index in [-0.39, 0.29) is 15.6 Å². The average molecular weight is 475 g/mol. The Kier molecular flexibility index (Phi) is 7.27. The van der Waals surface area contributed by atoms with Gasteiger partial charge in [0, 0.05) is 11.8 Å². The summed E-state index contributed by atoms with van der Waals surface area (Å²) in [4.78, 5) is 12.9. The van der Waals surface area contributed by atoms with Gasteiger partial charge >= 0.3 is 0 Å². The number of carbonyl (C=O) groups is 1. The Morgan fingerprint density at radius 2 is 1.62 bits per heavy atom. The van der Waals surface area contributed by atoms with Crippen LogP contribution in [0.5, 0.6) is 11.5 Å². The number of halogens is 1. The molecule has 0 saturated heterocycles. The van der Waals surface area contributed by atoms with Crippen LogP contribution in [0.1, 0.15) is 5.56 Å². The Morgan fingerprint density at radius 1 is 0.969 bits per heavy atom. The first kappa shape index (κ1) is 23.4. The number of rotatable bonds is 8. The maximum absolute atomic E-state index is 13.4. The van der Waals surface area contributed by atoms with Crippen molar-refractivity contribution in [2.24, 2.45) is 0 Å². The third-order valence-electron chi connectivity index (χ3n) is 4.68. The Hall–Kier alpha value is -3.23. The van der Waals surface area contributed by atoms with Crippen LogP contribution in [0, 0.1) is 6.92 Å². The second kappa shape index (κ2) is 9.93. The van der Waals surface area contributed by atoms with E-state index in [1.165, 1.54) is 26.4 Å². The zero-order valence-corrected chi connectivity index (χ0v) is 19.4. The van der Waals surface area contributed by atoms with Crippen LogP contribution in [0.25, 0.3) is 0 Å². The number of nitrogens with zero attached hydrogens (tertiary/aromatic N) is 1. The summed E-state index contributed by atoms with van der Waals surface area (Å²) in [7, 11) is -1.07. The van der Waals surface area contributed by atoms with Crippen LogP contribution in [-0.2, 0) is 14.8 Å². The predicted molar refractivity (Wildman–Crippen MR) is 125 cm³/mol. The lowest BCUT2D eigenvalue weighted by molar-refractivity contribution is -0.114. The molecule has 0 heterocycles. The van der Waals surface area contributed by atoms with Crippen molar-refractivity contribution in [3.05, 3.63) is 77.3 Å². The minimum absolute atomic E-state index is 0.0573. The highest BCUT2D eigenvalue weighted by atomic mass is 35.5. The number of ether oxygens (including phenoxy) is 2. The van der Waals surface area contributed by atoms with Crippen molar-refractivity contribution < 1.29 is 22.7 Å². The van der Waals surface area contributed by atoms with Crippen molar-refractivity contribution in [1.29, 1.82) is 0 Å². The van der Waals surface area contributed by atoms with E-state index in [9.17, 15) is 13.2 Å². The number of methoxy groups -OCH3 is 2. The van der Waals surface area contributed by atoms with E-state index in [2.05, 4.69) is 5.32 Å². The Morgan fingerprint density at radius 3 is 2.25 bits per heavy atom. The molecular weight excluding hydrogens is 452 g/mol. The lowest BCUT2D eigenvalue weighted by Gasteiger charge is -2.25. The third kappa shape index (κ3) is 5.15. The quantitative estimate of drug-likeness (QED) is 0.519. The minimum atomic E-state index is -4.06. The fraction of sp³-hybridized carbons (Fsp3) is 0.174.